The summed E-state index contributed by atoms with van der Waals surface area (Å²) in [6.07, 6.45) is 11.1. The highest BCUT2D eigenvalue weighted by molar-refractivity contribution is 5.78. The van der Waals surface area contributed by atoms with Crippen LogP contribution < -0.4 is 26.6 Å². The summed E-state index contributed by atoms with van der Waals surface area (Å²) in [6, 6.07) is 10.3. The number of anilines is 1. The van der Waals surface area contributed by atoms with Gasteiger partial charge in [-0.05, 0) is 135 Å². The van der Waals surface area contributed by atoms with Crippen LogP contribution in [-0.2, 0) is 11.2 Å². The van der Waals surface area contributed by atoms with Crippen molar-refractivity contribution in [2.45, 2.75) is 217 Å². The Morgan fingerprint density at radius 2 is 1.00 bits per heavy atom. The van der Waals surface area contributed by atoms with Gasteiger partial charge in [0.2, 0.25) is 5.91 Å². The minimum atomic E-state index is 0. The maximum atomic E-state index is 10.8. The van der Waals surface area contributed by atoms with E-state index in [0.717, 1.165) is 24.3 Å². The first kappa shape index (κ1) is 62.0. The fourth-order valence-electron chi connectivity index (χ4n) is 7.79. The number of para-hydroxylation sites is 1. The van der Waals surface area contributed by atoms with E-state index in [4.69, 9.17) is 0 Å². The number of nitrogens with one attached hydrogen (secondary N) is 5. The molecular weight excluding hydrogens is 699 g/mol. The van der Waals surface area contributed by atoms with Gasteiger partial charge in [-0.25, -0.2) is 0 Å². The Bertz CT molecular complexity index is 1090. The van der Waals surface area contributed by atoms with Gasteiger partial charge in [0.1, 0.15) is 0 Å². The topological polar surface area (TPSA) is 77.2 Å². The molecule has 1 aromatic carbocycles. The van der Waals surface area contributed by atoms with E-state index in [-0.39, 0.29) is 48.5 Å². The first-order chi connectivity index (χ1) is 23.9. The van der Waals surface area contributed by atoms with E-state index >= 15 is 0 Å². The van der Waals surface area contributed by atoms with E-state index < -0.39 is 0 Å². The number of amides is 1. The molecule has 0 spiro atoms. The third-order valence-electron chi connectivity index (χ3n) is 12.0. The minimum Gasteiger partial charge on any atom is -0.381 e. The second kappa shape index (κ2) is 27.3. The summed E-state index contributed by atoms with van der Waals surface area (Å²) in [5.74, 6) is 2.04. The smallest absolute Gasteiger partial charge is 0.220 e. The van der Waals surface area contributed by atoms with Gasteiger partial charge in [0.15, 0.2) is 0 Å². The van der Waals surface area contributed by atoms with Gasteiger partial charge < -0.3 is 26.6 Å². The van der Waals surface area contributed by atoms with Crippen LogP contribution >= 0.6 is 0 Å². The Labute approximate surface area is 360 Å². The van der Waals surface area contributed by atoms with E-state index in [1.807, 2.05) is 0 Å². The van der Waals surface area contributed by atoms with Crippen molar-refractivity contribution in [1.29, 1.82) is 0 Å². The molecule has 0 bridgehead atoms. The van der Waals surface area contributed by atoms with Crippen molar-refractivity contribution in [3.8, 4) is 0 Å². The molecule has 342 valence electrons. The molecule has 5 N–H and O–H groups in total. The molecule has 6 nitrogen and oxygen atoms in total. The van der Waals surface area contributed by atoms with E-state index in [1.54, 1.807) is 0 Å². The summed E-state index contributed by atoms with van der Waals surface area (Å²) in [5.41, 5.74) is 4.86. The zero-order valence-corrected chi connectivity index (χ0v) is 37.0. The molecular formula is C51H107N5O. The van der Waals surface area contributed by atoms with Crippen molar-refractivity contribution in [2.24, 2.45) is 38.9 Å². The van der Waals surface area contributed by atoms with Crippen molar-refractivity contribution < 1.29 is 4.79 Å². The van der Waals surface area contributed by atoms with Crippen LogP contribution in [0.15, 0.2) is 24.3 Å². The largest absolute Gasteiger partial charge is 0.381 e. The van der Waals surface area contributed by atoms with Gasteiger partial charge in [0.05, 0.1) is 0 Å². The van der Waals surface area contributed by atoms with Crippen LogP contribution in [0, 0.1) is 38.9 Å². The first-order valence-corrected chi connectivity index (χ1v) is 21.2. The number of rotatable bonds is 0. The van der Waals surface area contributed by atoms with E-state index in [0.29, 0.717) is 40.2 Å². The molecule has 0 aromatic heterocycles. The highest BCUT2D eigenvalue weighted by Gasteiger charge is 2.32. The Morgan fingerprint density at radius 3 is 1.32 bits per heavy atom. The average Bonchev–Trinajstić information content (AvgIpc) is 3.83. The summed E-state index contributed by atoms with van der Waals surface area (Å²) in [6.45, 7) is 40.4. The number of fused-ring (bicyclic) bond motifs is 1. The van der Waals surface area contributed by atoms with Gasteiger partial charge in [-0.3, -0.25) is 4.79 Å². The van der Waals surface area contributed by atoms with Crippen LogP contribution in [0.4, 0.5) is 5.69 Å². The SMILES string of the molecule is C.C.C.C.C.CC(C)(C)C1CCC(=O)N1.CC(C)(C)C1CCCN1.CC(C)(C)C1CCCNC1.CC(C)(C)C1CCNCC1.CC(C)(C)C1Cc2ccccc2N1. The van der Waals surface area contributed by atoms with Crippen molar-refractivity contribution in [3.05, 3.63) is 29.8 Å². The molecule has 5 aliphatic heterocycles. The molecule has 6 rings (SSSR count). The standard InChI is InChI=1S/C12H17N.2C9H19N.C8H15NO.C8H17N.5CH4/c1-12(2,3)11-8-9-6-4-5-7-10(9)13-11;1-9(2,3)8-4-6-10-7-5-8;1-9(2,3)8-5-4-6-10-7-8;1-8(2,3)6-4-5-7(10)9-6;1-8(2,3)7-5-4-6-9-7;;;;;/h4-7,11,13H,8H2,1-3H3;2*8,10H,4-7H2,1-3H3;6H,4-5H2,1-3H3,(H,9,10);7,9H,4-6H2,1-3H3;5*1H4. The van der Waals surface area contributed by atoms with Crippen LogP contribution in [0.1, 0.15) is 198 Å². The third-order valence-corrected chi connectivity index (χ3v) is 12.0. The molecule has 4 saturated heterocycles. The Hall–Kier alpha value is -1.63. The zero-order chi connectivity index (χ0) is 39.4. The Balaban J connectivity index is -0.000000303. The third kappa shape index (κ3) is 23.7. The van der Waals surface area contributed by atoms with Crippen LogP contribution in [0.2, 0.25) is 0 Å². The van der Waals surface area contributed by atoms with Crippen LogP contribution in [0.25, 0.3) is 0 Å². The minimum absolute atomic E-state index is 0. The highest BCUT2D eigenvalue weighted by atomic mass is 16.1. The van der Waals surface area contributed by atoms with Gasteiger partial charge in [-0.15, -0.1) is 0 Å². The number of piperidine rings is 2. The second-order valence-corrected chi connectivity index (χ2v) is 21.8. The maximum Gasteiger partial charge on any atom is 0.220 e. The summed E-state index contributed by atoms with van der Waals surface area (Å²) < 4.78 is 0. The molecule has 4 fully saturated rings. The average molecular weight is 806 g/mol. The quantitative estimate of drug-likeness (QED) is 0.181. The number of benzene rings is 1. The molecule has 57 heavy (non-hydrogen) atoms. The molecule has 5 heterocycles. The lowest BCUT2D eigenvalue weighted by atomic mass is 9.76. The zero-order valence-electron chi connectivity index (χ0n) is 37.0. The lowest BCUT2D eigenvalue weighted by Crippen LogP contribution is -2.36. The maximum absolute atomic E-state index is 10.8. The summed E-state index contributed by atoms with van der Waals surface area (Å²) in [7, 11) is 0. The van der Waals surface area contributed by atoms with E-state index in [9.17, 15) is 4.79 Å². The lowest BCUT2D eigenvalue weighted by molar-refractivity contribution is -0.119. The fourth-order valence-corrected chi connectivity index (χ4v) is 7.79. The summed E-state index contributed by atoms with van der Waals surface area (Å²) in [5, 5.41) is 16.9. The highest BCUT2D eigenvalue weighted by Crippen LogP contribution is 2.35. The van der Waals surface area contributed by atoms with Gasteiger partial charge >= 0.3 is 0 Å². The number of hydrogen-bond acceptors (Lipinski definition) is 5. The lowest BCUT2D eigenvalue weighted by Gasteiger charge is -2.34. The van der Waals surface area contributed by atoms with Gasteiger partial charge in [0, 0.05) is 30.2 Å². The van der Waals surface area contributed by atoms with E-state index in [2.05, 4.69) is 155 Å². The second-order valence-electron chi connectivity index (χ2n) is 21.8. The van der Waals surface area contributed by atoms with Crippen molar-refractivity contribution in [3.63, 3.8) is 0 Å². The molecule has 0 saturated carbocycles. The van der Waals surface area contributed by atoms with Gasteiger partial charge in [-0.2, -0.15) is 0 Å². The summed E-state index contributed by atoms with van der Waals surface area (Å²) >= 11 is 0. The number of carbonyl (C=O) groups excluding carboxylic acids is 1. The fraction of sp³-hybridized carbons (Fsp3) is 0.863. The molecule has 6 heteroatoms. The Morgan fingerprint density at radius 1 is 0.491 bits per heavy atom. The molecule has 0 aliphatic carbocycles. The normalized spacial score (nSPS) is 23.1. The molecule has 5 aliphatic rings. The number of hydrogen-bond donors (Lipinski definition) is 5. The first-order valence-electron chi connectivity index (χ1n) is 21.2. The molecule has 1 amide bonds. The molecule has 0 radical (unpaired) electrons. The van der Waals surface area contributed by atoms with Crippen molar-refractivity contribution >= 4 is 11.6 Å². The van der Waals surface area contributed by atoms with Crippen molar-refractivity contribution in [2.75, 3.05) is 38.0 Å². The molecule has 4 atom stereocenters. The summed E-state index contributed by atoms with van der Waals surface area (Å²) in [4.78, 5) is 10.8. The van der Waals surface area contributed by atoms with E-state index in [1.165, 1.54) is 88.9 Å². The van der Waals surface area contributed by atoms with Crippen LogP contribution in [-0.4, -0.2) is 56.8 Å². The number of carbonyl (C=O) groups is 1. The van der Waals surface area contributed by atoms with Crippen molar-refractivity contribution in [1.82, 2.24) is 21.3 Å². The Kier molecular flexibility index (Phi) is 29.7. The van der Waals surface area contributed by atoms with Gasteiger partial charge in [-0.1, -0.05) is 159 Å². The van der Waals surface area contributed by atoms with Crippen LogP contribution in [0.5, 0.6) is 0 Å². The van der Waals surface area contributed by atoms with Crippen LogP contribution in [0.3, 0.4) is 0 Å². The monoisotopic (exact) mass is 806 g/mol. The predicted molar refractivity (Wildman–Crippen MR) is 262 cm³/mol. The molecule has 4 unspecified atom stereocenters. The predicted octanol–water partition coefficient (Wildman–Crippen LogP) is 13.4. The molecule has 1 aromatic rings. The van der Waals surface area contributed by atoms with Gasteiger partial charge in [0.25, 0.3) is 0 Å².